The summed E-state index contributed by atoms with van der Waals surface area (Å²) in [5.74, 6) is 0. The third-order valence-corrected chi connectivity index (χ3v) is 13.3. The molecule has 0 spiro atoms. The summed E-state index contributed by atoms with van der Waals surface area (Å²) < 4.78 is 146. The van der Waals surface area contributed by atoms with Gasteiger partial charge in [0.1, 0.15) is 11.2 Å². The maximum atomic E-state index is 9.95. The quantitative estimate of drug-likeness (QED) is 0.142. The Morgan fingerprint density at radius 3 is 1.46 bits per heavy atom. The lowest BCUT2D eigenvalue weighted by atomic mass is 9.93. The lowest BCUT2D eigenvalue weighted by molar-refractivity contribution is 0.671. The van der Waals surface area contributed by atoms with E-state index >= 15 is 0 Å². The van der Waals surface area contributed by atoms with Crippen LogP contribution in [0.25, 0.3) is 115 Å². The summed E-state index contributed by atoms with van der Waals surface area (Å²) in [6.07, 6.45) is 0. The number of furan rings is 1. The summed E-state index contributed by atoms with van der Waals surface area (Å²) in [5.41, 5.74) is 4.50. The highest BCUT2D eigenvalue weighted by Crippen LogP contribution is 2.44. The number of hydrogen-bond acceptors (Lipinski definition) is 2. The molecule has 12 aromatic carbocycles. The molecule has 0 fully saturated rings. The zero-order valence-electron chi connectivity index (χ0n) is 52.5. The molecule has 71 heavy (non-hydrogen) atoms. The topological polar surface area (TPSA) is 21.3 Å². The highest BCUT2D eigenvalue weighted by Gasteiger charge is 2.20. The minimum absolute atomic E-state index is 0.170. The van der Waals surface area contributed by atoms with Crippen molar-refractivity contribution < 1.29 is 25.0 Å². The molecule has 0 radical (unpaired) electrons. The first-order valence-corrected chi connectivity index (χ1v) is 23.1. The first-order chi connectivity index (χ1) is 41.5. The van der Waals surface area contributed by atoms with Gasteiger partial charge in [0.15, 0.2) is 0 Å². The van der Waals surface area contributed by atoms with Gasteiger partial charge in [-0.15, -0.1) is 0 Å². The van der Waals surface area contributed by atoms with Crippen molar-refractivity contribution >= 4 is 82.4 Å². The van der Waals surface area contributed by atoms with Gasteiger partial charge in [-0.2, -0.15) is 0 Å². The van der Waals surface area contributed by atoms with E-state index in [9.17, 15) is 8.22 Å². The van der Waals surface area contributed by atoms with E-state index in [1.807, 2.05) is 109 Å². The first kappa shape index (κ1) is 28.1. The SMILES string of the molecule is [2H]c1c([2H])c([2H])c(-c2c([2H])c([2H])c([2H])c3c2oc2c(-c4c([2H])c([2H])c(N(c5ccc(-c6ccccc6-n6c7ccccc7c7ccccc76)cc5)c5ccc(-c6cc7ccccc7c7ccccc67)cc5)c([2H])c4[2H])c([2H])c([2H])c([2H])c23)c([2H])c1[2H]. The van der Waals surface area contributed by atoms with Crippen molar-refractivity contribution in [2.75, 3.05) is 4.90 Å². The van der Waals surface area contributed by atoms with Gasteiger partial charge in [0.25, 0.3) is 0 Å². The van der Waals surface area contributed by atoms with Crippen LogP contribution in [0.3, 0.4) is 0 Å². The number of benzene rings is 12. The molecule has 2 aromatic heterocycles. The van der Waals surface area contributed by atoms with Crippen LogP contribution in [0.1, 0.15) is 20.6 Å². The molecule has 0 bridgehead atoms. The molecule has 0 aliphatic heterocycles. The van der Waals surface area contributed by atoms with E-state index < -0.39 is 124 Å². The second-order valence-electron chi connectivity index (χ2n) is 17.2. The third kappa shape index (κ3) is 6.74. The van der Waals surface area contributed by atoms with Gasteiger partial charge in [-0.1, -0.05) is 206 Å². The maximum absolute atomic E-state index is 9.95. The van der Waals surface area contributed by atoms with Gasteiger partial charge in [0.05, 0.1) is 37.3 Å². The number of para-hydroxylation sites is 5. The Bertz CT molecular complexity index is 5140. The molecule has 0 unspecified atom stereocenters. The van der Waals surface area contributed by atoms with Crippen molar-refractivity contribution in [1.29, 1.82) is 0 Å². The fourth-order valence-corrected chi connectivity index (χ4v) is 10.1. The maximum Gasteiger partial charge on any atom is 0.143 e. The van der Waals surface area contributed by atoms with Crippen LogP contribution in [-0.2, 0) is 0 Å². The third-order valence-electron chi connectivity index (χ3n) is 13.3. The van der Waals surface area contributed by atoms with E-state index in [1.165, 1.54) is 0 Å². The predicted molar refractivity (Wildman–Crippen MR) is 299 cm³/mol. The molecular formula is C68H44N2O. The van der Waals surface area contributed by atoms with Gasteiger partial charge in [-0.3, -0.25) is 0 Å². The molecule has 0 N–H and O–H groups in total. The number of rotatable bonds is 8. The van der Waals surface area contributed by atoms with Crippen molar-refractivity contribution in [2.24, 2.45) is 0 Å². The van der Waals surface area contributed by atoms with Crippen molar-refractivity contribution in [3.8, 4) is 50.2 Å². The second-order valence-corrected chi connectivity index (χ2v) is 17.2. The van der Waals surface area contributed by atoms with Gasteiger partial charge in [0.2, 0.25) is 0 Å². The highest BCUT2D eigenvalue weighted by molar-refractivity contribution is 6.15. The molecule has 332 valence electrons. The number of aromatic nitrogens is 1. The molecule has 2 heterocycles. The lowest BCUT2D eigenvalue weighted by Crippen LogP contribution is -2.10. The van der Waals surface area contributed by atoms with Gasteiger partial charge >= 0.3 is 0 Å². The zero-order chi connectivity index (χ0) is 59.9. The summed E-state index contributed by atoms with van der Waals surface area (Å²) in [6.45, 7) is 0. The average Bonchev–Trinajstić information content (AvgIpc) is 2.05. The van der Waals surface area contributed by atoms with Crippen LogP contribution in [0.15, 0.2) is 271 Å². The summed E-state index contributed by atoms with van der Waals surface area (Å²) >= 11 is 0. The largest absolute Gasteiger partial charge is 0.455 e. The summed E-state index contributed by atoms with van der Waals surface area (Å²) in [7, 11) is 0. The fraction of sp³-hybridized carbons (Fsp3) is 0. The Morgan fingerprint density at radius 2 is 0.831 bits per heavy atom. The van der Waals surface area contributed by atoms with E-state index in [-0.39, 0.29) is 16.5 Å². The van der Waals surface area contributed by atoms with E-state index in [2.05, 4.69) is 71.3 Å². The minimum Gasteiger partial charge on any atom is -0.455 e. The first-order valence-electron chi connectivity index (χ1n) is 30.6. The Labute approximate surface area is 432 Å². The van der Waals surface area contributed by atoms with E-state index in [1.54, 1.807) is 4.90 Å². The van der Waals surface area contributed by atoms with Gasteiger partial charge in [-0.25, -0.2) is 0 Å². The number of nitrogens with zero attached hydrogens (tertiary/aromatic N) is 2. The van der Waals surface area contributed by atoms with Crippen LogP contribution < -0.4 is 4.90 Å². The Morgan fingerprint density at radius 1 is 0.324 bits per heavy atom. The monoisotopic (exact) mass is 919 g/mol. The van der Waals surface area contributed by atoms with Gasteiger partial charge in [0, 0.05) is 55.3 Å². The molecule has 0 saturated heterocycles. The van der Waals surface area contributed by atoms with Gasteiger partial charge < -0.3 is 13.9 Å². The zero-order valence-corrected chi connectivity index (χ0v) is 37.5. The number of fused-ring (bicyclic) bond motifs is 9. The predicted octanol–water partition coefficient (Wildman–Crippen LogP) is 19.1. The van der Waals surface area contributed by atoms with Crippen LogP contribution in [-0.4, -0.2) is 4.57 Å². The second kappa shape index (κ2) is 16.7. The van der Waals surface area contributed by atoms with E-state index in [0.29, 0.717) is 11.4 Å². The van der Waals surface area contributed by atoms with E-state index in [0.717, 1.165) is 71.3 Å². The summed E-state index contributed by atoms with van der Waals surface area (Å²) in [5, 5.41) is 5.81. The summed E-state index contributed by atoms with van der Waals surface area (Å²) in [4.78, 5) is 1.64. The average molecular weight is 920 g/mol. The summed E-state index contributed by atoms with van der Waals surface area (Å²) in [6, 6.07) is 47.9. The molecule has 0 aliphatic rings. The molecule has 3 heteroatoms. The molecule has 14 aromatic rings. The number of hydrogen-bond donors (Lipinski definition) is 0. The normalized spacial score (nSPS) is 14.6. The molecule has 0 saturated carbocycles. The lowest BCUT2D eigenvalue weighted by Gasteiger charge is -2.26. The van der Waals surface area contributed by atoms with Crippen LogP contribution in [0.2, 0.25) is 0 Å². The van der Waals surface area contributed by atoms with E-state index in [4.69, 9.17) is 16.8 Å². The molecular weight excluding hydrogens is 861 g/mol. The molecule has 3 nitrogen and oxygen atoms in total. The Hall–Kier alpha value is -9.44. The van der Waals surface area contributed by atoms with Crippen LogP contribution >= 0.6 is 0 Å². The Kier molecular flexibility index (Phi) is 6.60. The molecule has 0 aliphatic carbocycles. The van der Waals surface area contributed by atoms with Crippen molar-refractivity contribution in [1.82, 2.24) is 4.57 Å². The van der Waals surface area contributed by atoms with Crippen molar-refractivity contribution in [3.05, 3.63) is 267 Å². The van der Waals surface area contributed by atoms with Gasteiger partial charge in [-0.05, 0) is 110 Å². The van der Waals surface area contributed by atoms with Crippen LogP contribution in [0, 0.1) is 0 Å². The minimum atomic E-state index is -0.753. The Balaban J connectivity index is 0.976. The smallest absolute Gasteiger partial charge is 0.143 e. The molecule has 0 amide bonds. The molecule has 14 rings (SSSR count). The number of anilines is 3. The standard InChI is InChI=1S/C68H44N2O/c1-2-16-45(17-3-1)55-25-14-27-61-62-28-15-26-56(68(62)71-67(55)61)47-34-40-51(41-35-47)69(52-42-36-48(37-43-52)63-44-49-18-4-5-19-53(49)57-21-6-7-22-58(57)63)50-38-32-46(33-39-50)54-20-8-11-29-64(54)70-65-30-12-9-23-59(65)60-24-10-13-31-66(60)70/h1-44H/i1D,2D,3D,14D,15D,16D,17D,25D,26D,27D,28D,34D,35D,40D,41D. The van der Waals surface area contributed by atoms with Crippen molar-refractivity contribution in [2.45, 2.75) is 0 Å². The van der Waals surface area contributed by atoms with Crippen LogP contribution in [0.4, 0.5) is 17.1 Å². The highest BCUT2D eigenvalue weighted by atomic mass is 16.3. The van der Waals surface area contributed by atoms with Crippen molar-refractivity contribution in [3.63, 3.8) is 0 Å². The fourth-order valence-electron chi connectivity index (χ4n) is 10.1. The molecule has 0 atom stereocenters. The van der Waals surface area contributed by atoms with Crippen LogP contribution in [0.5, 0.6) is 0 Å².